The number of carbonyl (C=O) groups excluding carboxylic acids is 4. The summed E-state index contributed by atoms with van der Waals surface area (Å²) in [5, 5.41) is 8.74. The van der Waals surface area contributed by atoms with Crippen LogP contribution in [0.15, 0.2) is 54.7 Å². The minimum atomic E-state index is -1.03. The Labute approximate surface area is 278 Å². The third-order valence-electron chi connectivity index (χ3n) is 9.09. The van der Waals surface area contributed by atoms with Gasteiger partial charge in [0, 0.05) is 24.7 Å². The van der Waals surface area contributed by atoms with E-state index < -0.39 is 36.2 Å². The lowest BCUT2D eigenvalue weighted by atomic mass is 9.97. The van der Waals surface area contributed by atoms with Gasteiger partial charge in [-0.1, -0.05) is 64.4 Å². The van der Waals surface area contributed by atoms with Crippen molar-refractivity contribution >= 4 is 29.7 Å². The molecule has 0 aromatic heterocycles. The molecule has 4 rings (SSSR count). The molecule has 1 saturated heterocycles. The molecule has 2 heterocycles. The first-order valence-corrected chi connectivity index (χ1v) is 16.4. The Balaban J connectivity index is 1.66. The highest BCUT2D eigenvalue weighted by Gasteiger charge is 2.47. The number of hydrogen-bond donors (Lipinski definition) is 3. The molecule has 6 atom stereocenters. The van der Waals surface area contributed by atoms with Crippen LogP contribution in [0.5, 0.6) is 11.5 Å². The van der Waals surface area contributed by atoms with Gasteiger partial charge in [0.05, 0.1) is 13.2 Å². The van der Waals surface area contributed by atoms with E-state index in [0.717, 1.165) is 5.56 Å². The van der Waals surface area contributed by atoms with E-state index in [1.807, 2.05) is 77.0 Å². The van der Waals surface area contributed by atoms with E-state index in [2.05, 4.69) is 16.0 Å². The Bertz CT molecular complexity index is 1440. The summed E-state index contributed by atoms with van der Waals surface area (Å²) >= 11 is 0. The monoisotopic (exact) mass is 647 g/mol. The van der Waals surface area contributed by atoms with E-state index >= 15 is 0 Å². The van der Waals surface area contributed by atoms with E-state index in [-0.39, 0.29) is 36.1 Å². The molecule has 6 unspecified atom stereocenters. The molecule has 2 bridgehead atoms. The van der Waals surface area contributed by atoms with Crippen LogP contribution < -0.4 is 25.4 Å². The first kappa shape index (κ1) is 35.5. The average Bonchev–Trinajstić information content (AvgIpc) is 3.47. The number of hydrogen-bond acceptors (Lipinski definition) is 7. The summed E-state index contributed by atoms with van der Waals surface area (Å²) in [5.74, 6) is -0.869. The molecule has 4 amide bonds. The van der Waals surface area contributed by atoms with Gasteiger partial charge in [0.2, 0.25) is 23.6 Å². The predicted octanol–water partition coefficient (Wildman–Crippen LogP) is 2.99. The van der Waals surface area contributed by atoms with Gasteiger partial charge in [-0.15, -0.1) is 0 Å². The summed E-state index contributed by atoms with van der Waals surface area (Å²) in [6.45, 7) is 7.82. The maximum Gasteiger partial charge on any atom is 0.247 e. The van der Waals surface area contributed by atoms with Crippen molar-refractivity contribution in [3.05, 3.63) is 65.9 Å². The molecule has 254 valence electrons. The molecule has 11 heteroatoms. The number of fused-ring (bicyclic) bond motifs is 3. The molecule has 0 aliphatic carbocycles. The largest absolute Gasteiger partial charge is 0.496 e. The Morgan fingerprint density at radius 1 is 1.09 bits per heavy atom. The SMILES string of the molecule is CCC(C)C1NC(=O)C2C(CCN2C(=O)C(NC(=O)C(Cc2ccccc2)N(C)C)C(C)C)Oc2ccc(OC)c(c2)C=CNC1=O. The minimum Gasteiger partial charge on any atom is -0.496 e. The molecule has 2 aliphatic rings. The fraction of sp³-hybridized carbons (Fsp3) is 0.500. The van der Waals surface area contributed by atoms with E-state index in [9.17, 15) is 19.2 Å². The summed E-state index contributed by atoms with van der Waals surface area (Å²) in [6.07, 6.45) is 4.04. The second kappa shape index (κ2) is 15.9. The quantitative estimate of drug-likeness (QED) is 0.362. The molecule has 47 heavy (non-hydrogen) atoms. The van der Waals surface area contributed by atoms with Crippen molar-refractivity contribution in [2.45, 2.75) is 77.2 Å². The number of nitrogens with one attached hydrogen (secondary N) is 3. The zero-order chi connectivity index (χ0) is 34.2. The average molecular weight is 648 g/mol. The lowest BCUT2D eigenvalue weighted by Crippen LogP contribution is -2.61. The van der Waals surface area contributed by atoms with Crippen LogP contribution in [0.1, 0.15) is 51.7 Å². The van der Waals surface area contributed by atoms with Gasteiger partial charge in [0.25, 0.3) is 0 Å². The van der Waals surface area contributed by atoms with E-state index in [1.54, 1.807) is 31.4 Å². The normalized spacial score (nSPS) is 21.6. The second-order valence-corrected chi connectivity index (χ2v) is 12.9. The number of likely N-dealkylation sites (N-methyl/N-ethyl adjacent to an activating group) is 1. The van der Waals surface area contributed by atoms with Gasteiger partial charge in [0.15, 0.2) is 0 Å². The minimum absolute atomic E-state index is 0.187. The van der Waals surface area contributed by atoms with Crippen LogP contribution in [0, 0.1) is 11.8 Å². The zero-order valence-corrected chi connectivity index (χ0v) is 28.5. The second-order valence-electron chi connectivity index (χ2n) is 12.9. The molecule has 2 aliphatic heterocycles. The van der Waals surface area contributed by atoms with E-state index in [0.29, 0.717) is 36.3 Å². The molecule has 2 aromatic rings. The van der Waals surface area contributed by atoms with Crippen molar-refractivity contribution in [1.82, 2.24) is 25.8 Å². The Hall–Kier alpha value is -4.38. The van der Waals surface area contributed by atoms with Gasteiger partial charge in [0.1, 0.15) is 35.7 Å². The summed E-state index contributed by atoms with van der Waals surface area (Å²) < 4.78 is 11.9. The van der Waals surface area contributed by atoms with Gasteiger partial charge in [-0.05, 0) is 62.2 Å². The summed E-state index contributed by atoms with van der Waals surface area (Å²) in [7, 11) is 5.23. The van der Waals surface area contributed by atoms with Crippen molar-refractivity contribution in [3.63, 3.8) is 0 Å². The standard InChI is InChI=1S/C36H49N5O6/c1-8-23(4)31-34(43)37-18-16-25-21-26(14-15-28(25)46-7)47-29-17-19-41(32(29)35(44)39-31)36(45)30(22(2)3)38-33(42)27(40(5)6)20-24-12-10-9-11-13-24/h9-16,18,21-23,27,29-32H,8,17,19-20H2,1-7H3,(H,37,43)(H,38,42)(H,39,44). The third-order valence-corrected chi connectivity index (χ3v) is 9.09. The molecule has 3 N–H and O–H groups in total. The number of benzene rings is 2. The maximum absolute atomic E-state index is 14.4. The molecule has 1 fully saturated rings. The number of nitrogens with zero attached hydrogens (tertiary/aromatic N) is 2. The zero-order valence-electron chi connectivity index (χ0n) is 28.5. The number of methoxy groups -OCH3 is 1. The highest BCUT2D eigenvalue weighted by Crippen LogP contribution is 2.30. The van der Waals surface area contributed by atoms with Crippen LogP contribution in [0.3, 0.4) is 0 Å². The van der Waals surface area contributed by atoms with Crippen LogP contribution in [0.25, 0.3) is 6.08 Å². The fourth-order valence-electron chi connectivity index (χ4n) is 6.07. The van der Waals surface area contributed by atoms with Crippen LogP contribution >= 0.6 is 0 Å². The van der Waals surface area contributed by atoms with Gasteiger partial charge >= 0.3 is 0 Å². The predicted molar refractivity (Wildman–Crippen MR) is 180 cm³/mol. The van der Waals surface area contributed by atoms with Crippen LogP contribution in [0.2, 0.25) is 0 Å². The molecular weight excluding hydrogens is 598 g/mol. The molecule has 0 radical (unpaired) electrons. The van der Waals surface area contributed by atoms with Crippen molar-refractivity contribution in [3.8, 4) is 11.5 Å². The van der Waals surface area contributed by atoms with Crippen molar-refractivity contribution in [1.29, 1.82) is 0 Å². The molecule has 0 spiro atoms. The van der Waals surface area contributed by atoms with Crippen molar-refractivity contribution in [2.75, 3.05) is 27.7 Å². The topological polar surface area (TPSA) is 129 Å². The van der Waals surface area contributed by atoms with Crippen molar-refractivity contribution < 1.29 is 28.7 Å². The molecule has 0 saturated carbocycles. The number of ether oxygens (including phenoxy) is 2. The van der Waals surface area contributed by atoms with E-state index in [4.69, 9.17) is 9.47 Å². The van der Waals surface area contributed by atoms with Crippen LogP contribution in [0.4, 0.5) is 0 Å². The summed E-state index contributed by atoms with van der Waals surface area (Å²) in [6, 6.07) is 11.7. The Morgan fingerprint density at radius 2 is 1.81 bits per heavy atom. The van der Waals surface area contributed by atoms with Gasteiger partial charge in [-0.2, -0.15) is 0 Å². The molecule has 2 aromatic carbocycles. The highest BCUT2D eigenvalue weighted by molar-refractivity contribution is 5.96. The lowest BCUT2D eigenvalue weighted by Gasteiger charge is -2.34. The summed E-state index contributed by atoms with van der Waals surface area (Å²) in [4.78, 5) is 58.9. The Kier molecular flexibility index (Phi) is 12.0. The van der Waals surface area contributed by atoms with Crippen LogP contribution in [-0.2, 0) is 25.6 Å². The van der Waals surface area contributed by atoms with Crippen molar-refractivity contribution in [2.24, 2.45) is 11.8 Å². The van der Waals surface area contributed by atoms with E-state index in [1.165, 1.54) is 11.1 Å². The Morgan fingerprint density at radius 3 is 2.45 bits per heavy atom. The van der Waals surface area contributed by atoms with Gasteiger partial charge < -0.3 is 30.3 Å². The molecule has 11 nitrogen and oxygen atoms in total. The number of likely N-dealkylation sites (tertiary alicyclic amines) is 1. The highest BCUT2D eigenvalue weighted by atomic mass is 16.5. The molecular formula is C36H49N5O6. The summed E-state index contributed by atoms with van der Waals surface area (Å²) in [5.41, 5.74) is 1.69. The fourth-order valence-corrected chi connectivity index (χ4v) is 6.07. The smallest absolute Gasteiger partial charge is 0.247 e. The first-order chi connectivity index (χ1) is 22.4. The lowest BCUT2D eigenvalue weighted by molar-refractivity contribution is -0.145. The maximum atomic E-state index is 14.4. The third kappa shape index (κ3) is 8.51. The van der Waals surface area contributed by atoms with Crippen LogP contribution in [-0.4, -0.2) is 91.4 Å². The number of carbonyl (C=O) groups is 4. The number of amides is 4. The number of rotatable bonds is 10. The van der Waals surface area contributed by atoms with Gasteiger partial charge in [-0.25, -0.2) is 0 Å². The van der Waals surface area contributed by atoms with Gasteiger partial charge in [-0.3, -0.25) is 24.1 Å². The first-order valence-electron chi connectivity index (χ1n) is 16.4.